The molecule has 1 aliphatic carbocycles. The first-order valence-electron chi connectivity index (χ1n) is 9.63. The van der Waals surface area contributed by atoms with E-state index in [0.717, 1.165) is 12.0 Å². The Balaban J connectivity index is 1.66. The largest absolute Gasteiger partial charge is 0.483 e. The van der Waals surface area contributed by atoms with Crippen molar-refractivity contribution in [2.45, 2.75) is 36.8 Å². The summed E-state index contributed by atoms with van der Waals surface area (Å²) in [6.45, 7) is 0. The Bertz CT molecular complexity index is 1020. The van der Waals surface area contributed by atoms with E-state index < -0.39 is 6.04 Å². The molecule has 29 heavy (non-hydrogen) atoms. The van der Waals surface area contributed by atoms with Crippen LogP contribution in [0, 0.1) is 5.92 Å². The molecular formula is C22H18Cl2N2O3. The van der Waals surface area contributed by atoms with Crippen molar-refractivity contribution >= 4 is 40.7 Å². The van der Waals surface area contributed by atoms with E-state index in [1.54, 1.807) is 30.5 Å². The number of aromatic nitrogens is 1. The van der Waals surface area contributed by atoms with Crippen molar-refractivity contribution in [1.82, 2.24) is 4.98 Å². The lowest BCUT2D eigenvalue weighted by molar-refractivity contribution is -0.131. The lowest BCUT2D eigenvalue weighted by atomic mass is 9.77. The molecule has 4 atom stereocenters. The molecule has 0 spiro atoms. The van der Waals surface area contributed by atoms with Gasteiger partial charge in [-0.05, 0) is 49.1 Å². The summed E-state index contributed by atoms with van der Waals surface area (Å²) < 4.78 is 6.13. The van der Waals surface area contributed by atoms with Crippen molar-refractivity contribution in [3.05, 3.63) is 70.6 Å². The highest BCUT2D eigenvalue weighted by atomic mass is 35.5. The van der Waals surface area contributed by atoms with E-state index in [-0.39, 0.29) is 34.8 Å². The van der Waals surface area contributed by atoms with Gasteiger partial charge in [-0.1, -0.05) is 29.8 Å². The summed E-state index contributed by atoms with van der Waals surface area (Å²) >= 11 is 12.6. The fourth-order valence-electron chi connectivity index (χ4n) is 4.54. The maximum atomic E-state index is 13.5. The van der Waals surface area contributed by atoms with Gasteiger partial charge in [-0.2, -0.15) is 0 Å². The van der Waals surface area contributed by atoms with Gasteiger partial charge in [0.15, 0.2) is 11.5 Å². The van der Waals surface area contributed by atoms with Gasteiger partial charge in [0.25, 0.3) is 5.91 Å². The van der Waals surface area contributed by atoms with E-state index in [9.17, 15) is 9.59 Å². The third kappa shape index (κ3) is 3.04. The quantitative estimate of drug-likeness (QED) is 0.662. The van der Waals surface area contributed by atoms with Crippen LogP contribution in [0.15, 0.2) is 60.0 Å². The van der Waals surface area contributed by atoms with Gasteiger partial charge in [0.2, 0.25) is 0 Å². The SMILES string of the molecule is O=C1C2=C(OC3CCC(Cl)CC13)C(=O)N(c1ccccn1)C2c1cccc(Cl)c1. The van der Waals surface area contributed by atoms with Gasteiger partial charge in [0.05, 0.1) is 17.5 Å². The number of pyridine rings is 1. The number of anilines is 1. The number of halogens is 2. The second-order valence-corrected chi connectivity index (χ2v) is 8.65. The van der Waals surface area contributed by atoms with E-state index in [1.807, 2.05) is 18.2 Å². The number of Topliss-reactive ketones (excluding diaryl/α,β-unsaturated/α-hetero) is 1. The summed E-state index contributed by atoms with van der Waals surface area (Å²) in [5, 5.41) is 0.477. The third-order valence-corrected chi connectivity index (χ3v) is 6.48. The number of nitrogens with zero attached hydrogens (tertiary/aromatic N) is 2. The third-order valence-electron chi connectivity index (χ3n) is 5.84. The van der Waals surface area contributed by atoms with Crippen LogP contribution in [0.4, 0.5) is 5.82 Å². The fraction of sp³-hybridized carbons (Fsp3) is 0.318. The molecule has 1 fully saturated rings. The number of hydrogen-bond donors (Lipinski definition) is 0. The summed E-state index contributed by atoms with van der Waals surface area (Å²) in [5.74, 6) is -0.128. The predicted molar refractivity (Wildman–Crippen MR) is 110 cm³/mol. The van der Waals surface area contributed by atoms with E-state index in [2.05, 4.69) is 4.98 Å². The molecule has 5 nitrogen and oxygen atoms in total. The zero-order chi connectivity index (χ0) is 20.1. The van der Waals surface area contributed by atoms with Crippen LogP contribution in [-0.4, -0.2) is 28.2 Å². The molecule has 3 aliphatic rings. The van der Waals surface area contributed by atoms with Crippen LogP contribution in [0.25, 0.3) is 0 Å². The van der Waals surface area contributed by atoms with Crippen LogP contribution in [0.2, 0.25) is 5.02 Å². The second-order valence-electron chi connectivity index (χ2n) is 7.60. The molecule has 0 N–H and O–H groups in total. The normalized spacial score (nSPS) is 28.8. The Kier molecular flexibility index (Phi) is 4.60. The molecular weight excluding hydrogens is 411 g/mol. The molecule has 1 saturated carbocycles. The Labute approximate surface area is 178 Å². The second kappa shape index (κ2) is 7.15. The number of ketones is 1. The summed E-state index contributed by atoms with van der Waals surface area (Å²) in [5.41, 5.74) is 1.13. The molecule has 148 valence electrons. The Morgan fingerprint density at radius 1 is 1.10 bits per heavy atom. The lowest BCUT2D eigenvalue weighted by Crippen LogP contribution is -2.41. The number of ether oxygens (including phenoxy) is 1. The minimum absolute atomic E-state index is 0.0560. The number of carbonyl (C=O) groups excluding carboxylic acids is 2. The Morgan fingerprint density at radius 2 is 1.97 bits per heavy atom. The zero-order valence-corrected chi connectivity index (χ0v) is 16.9. The molecule has 3 heterocycles. The summed E-state index contributed by atoms with van der Waals surface area (Å²) in [4.78, 5) is 32.8. The van der Waals surface area contributed by atoms with Crippen LogP contribution in [0.5, 0.6) is 0 Å². The highest BCUT2D eigenvalue weighted by Gasteiger charge is 2.53. The molecule has 1 amide bonds. The van der Waals surface area contributed by atoms with Crippen molar-refractivity contribution in [3.8, 4) is 0 Å². The number of benzene rings is 1. The topological polar surface area (TPSA) is 59.5 Å². The summed E-state index contributed by atoms with van der Waals surface area (Å²) in [6.07, 6.45) is 3.32. The minimum atomic E-state index is -0.629. The number of rotatable bonds is 2. The van der Waals surface area contributed by atoms with Crippen LogP contribution in [0.3, 0.4) is 0 Å². The summed E-state index contributed by atoms with van der Waals surface area (Å²) in [7, 11) is 0. The maximum absolute atomic E-state index is 13.5. The number of carbonyl (C=O) groups is 2. The number of fused-ring (bicyclic) bond motifs is 1. The number of amides is 1. The zero-order valence-electron chi connectivity index (χ0n) is 15.4. The predicted octanol–water partition coefficient (Wildman–Crippen LogP) is 4.45. The van der Waals surface area contributed by atoms with Crippen molar-refractivity contribution in [2.24, 2.45) is 5.92 Å². The number of alkyl halides is 1. The van der Waals surface area contributed by atoms with Crippen LogP contribution in [0.1, 0.15) is 30.9 Å². The molecule has 1 aromatic carbocycles. The minimum Gasteiger partial charge on any atom is -0.483 e. The van der Waals surface area contributed by atoms with Crippen LogP contribution >= 0.6 is 23.2 Å². The molecule has 5 rings (SSSR count). The van der Waals surface area contributed by atoms with Crippen molar-refractivity contribution < 1.29 is 14.3 Å². The molecule has 4 unspecified atom stereocenters. The first-order chi connectivity index (χ1) is 14.0. The van der Waals surface area contributed by atoms with E-state index in [1.165, 1.54) is 4.90 Å². The first kappa shape index (κ1) is 18.6. The molecule has 2 aromatic rings. The van der Waals surface area contributed by atoms with Crippen molar-refractivity contribution in [1.29, 1.82) is 0 Å². The number of hydrogen-bond acceptors (Lipinski definition) is 4. The van der Waals surface area contributed by atoms with E-state index >= 15 is 0 Å². The van der Waals surface area contributed by atoms with E-state index in [0.29, 0.717) is 29.3 Å². The maximum Gasteiger partial charge on any atom is 0.295 e. The Hall–Kier alpha value is -2.37. The molecule has 0 radical (unpaired) electrons. The van der Waals surface area contributed by atoms with Gasteiger partial charge in [-0.15, -0.1) is 11.6 Å². The van der Waals surface area contributed by atoms with Gasteiger partial charge in [-0.25, -0.2) is 4.98 Å². The fourth-order valence-corrected chi connectivity index (χ4v) is 5.06. The average Bonchev–Trinajstić information content (AvgIpc) is 3.02. The highest BCUT2D eigenvalue weighted by molar-refractivity contribution is 6.30. The molecule has 7 heteroatoms. The van der Waals surface area contributed by atoms with E-state index in [4.69, 9.17) is 27.9 Å². The standard InChI is InChI=1S/C22H18Cl2N2O3/c23-13-5-3-4-12(10-13)19-18-20(27)15-11-14(24)7-8-16(15)29-21(18)22(28)26(19)17-6-1-2-9-25-17/h1-6,9-10,14-16,19H,7-8,11H2. The van der Waals surface area contributed by atoms with Crippen molar-refractivity contribution in [2.75, 3.05) is 4.90 Å². The molecule has 2 aliphatic heterocycles. The summed E-state index contributed by atoms with van der Waals surface area (Å²) in [6, 6.07) is 11.9. The smallest absolute Gasteiger partial charge is 0.295 e. The van der Waals surface area contributed by atoms with Crippen molar-refractivity contribution in [3.63, 3.8) is 0 Å². The highest BCUT2D eigenvalue weighted by Crippen LogP contribution is 2.48. The molecule has 0 saturated heterocycles. The van der Waals surface area contributed by atoms with Gasteiger partial charge in [0, 0.05) is 16.6 Å². The van der Waals surface area contributed by atoms with Gasteiger partial charge < -0.3 is 4.74 Å². The van der Waals surface area contributed by atoms with Crippen LogP contribution in [-0.2, 0) is 14.3 Å². The first-order valence-corrected chi connectivity index (χ1v) is 10.4. The van der Waals surface area contributed by atoms with Gasteiger partial charge >= 0.3 is 0 Å². The van der Waals surface area contributed by atoms with Gasteiger partial charge in [0.1, 0.15) is 11.9 Å². The molecule has 0 bridgehead atoms. The monoisotopic (exact) mass is 428 g/mol. The Morgan fingerprint density at radius 3 is 2.72 bits per heavy atom. The molecule has 1 aromatic heterocycles. The average molecular weight is 429 g/mol. The van der Waals surface area contributed by atoms with Crippen LogP contribution < -0.4 is 4.90 Å². The lowest BCUT2D eigenvalue weighted by Gasteiger charge is -2.37. The van der Waals surface area contributed by atoms with Gasteiger partial charge in [-0.3, -0.25) is 14.5 Å².